The summed E-state index contributed by atoms with van der Waals surface area (Å²) in [5.74, 6) is 0.0323. The summed E-state index contributed by atoms with van der Waals surface area (Å²) in [7, 11) is 0. The van der Waals surface area contributed by atoms with Gasteiger partial charge in [0.2, 0.25) is 5.71 Å². The number of rotatable bonds is 8. The minimum atomic E-state index is -0.388. The molecule has 0 saturated heterocycles. The summed E-state index contributed by atoms with van der Waals surface area (Å²) in [5, 5.41) is 2.98. The highest BCUT2D eigenvalue weighted by atomic mass is 16.5. The van der Waals surface area contributed by atoms with Crippen LogP contribution < -0.4 is 10.9 Å². The number of furan rings is 1. The van der Waals surface area contributed by atoms with Crippen LogP contribution in [-0.4, -0.2) is 35.6 Å². The largest absolute Gasteiger partial charge is 0.442 e. The maximum absolute atomic E-state index is 12.4. The first-order valence-electron chi connectivity index (χ1n) is 8.53. The van der Waals surface area contributed by atoms with E-state index in [-0.39, 0.29) is 28.1 Å². The maximum atomic E-state index is 12.4. The Morgan fingerprint density at radius 2 is 2.08 bits per heavy atom. The first-order valence-corrected chi connectivity index (χ1v) is 8.53. The summed E-state index contributed by atoms with van der Waals surface area (Å²) >= 11 is 0. The minimum absolute atomic E-state index is 0.167. The number of ether oxygens (including phenoxy) is 1. The average molecular weight is 355 g/mol. The van der Waals surface area contributed by atoms with E-state index in [9.17, 15) is 9.59 Å². The molecule has 3 rings (SSSR count). The predicted molar refractivity (Wildman–Crippen MR) is 97.3 cm³/mol. The lowest BCUT2D eigenvalue weighted by atomic mass is 10.2. The molecule has 0 radical (unpaired) electrons. The van der Waals surface area contributed by atoms with E-state index in [2.05, 4.69) is 27.4 Å². The summed E-state index contributed by atoms with van der Waals surface area (Å²) in [6, 6.07) is 10.1. The lowest BCUT2D eigenvalue weighted by Crippen LogP contribution is -2.26. The molecule has 1 amide bonds. The quantitative estimate of drug-likeness (QED) is 0.604. The molecule has 2 heterocycles. The number of H-pyrrole nitrogens is 1. The van der Waals surface area contributed by atoms with Gasteiger partial charge in [-0.2, -0.15) is 0 Å². The molecule has 0 atom stereocenters. The van der Waals surface area contributed by atoms with Crippen LogP contribution in [0.25, 0.3) is 11.1 Å². The molecule has 0 unspecified atom stereocenters. The molecular weight excluding hydrogens is 334 g/mol. The van der Waals surface area contributed by atoms with Gasteiger partial charge in [-0.3, -0.25) is 9.59 Å². The van der Waals surface area contributed by atoms with Gasteiger partial charge in [0.25, 0.3) is 11.5 Å². The van der Waals surface area contributed by atoms with Crippen LogP contribution in [0.2, 0.25) is 0 Å². The number of hydrogen-bond donors (Lipinski definition) is 2. The molecule has 2 N–H and O–H groups in total. The van der Waals surface area contributed by atoms with E-state index in [0.717, 1.165) is 6.42 Å². The van der Waals surface area contributed by atoms with Gasteiger partial charge in [0, 0.05) is 13.2 Å². The van der Waals surface area contributed by atoms with Crippen molar-refractivity contribution in [3.63, 3.8) is 0 Å². The fourth-order valence-electron chi connectivity index (χ4n) is 2.73. The second kappa shape index (κ2) is 8.44. The molecule has 0 aliphatic carbocycles. The Morgan fingerprint density at radius 1 is 1.27 bits per heavy atom. The van der Waals surface area contributed by atoms with Crippen LogP contribution in [0, 0.1) is 6.92 Å². The topological polar surface area (TPSA) is 97.2 Å². The summed E-state index contributed by atoms with van der Waals surface area (Å²) in [5.41, 5.74) is 1.25. The van der Waals surface area contributed by atoms with Crippen molar-refractivity contribution in [2.45, 2.75) is 19.8 Å². The SMILES string of the molecule is Cc1oc2nc[nH]c(=O)c2c1C(=O)NCCCOCCc1ccccc1. The molecule has 1 aromatic carbocycles. The fourth-order valence-corrected chi connectivity index (χ4v) is 2.73. The van der Waals surface area contributed by atoms with Crippen molar-refractivity contribution in [2.75, 3.05) is 19.8 Å². The van der Waals surface area contributed by atoms with Crippen LogP contribution >= 0.6 is 0 Å². The van der Waals surface area contributed by atoms with E-state index < -0.39 is 0 Å². The number of aryl methyl sites for hydroxylation is 1. The van der Waals surface area contributed by atoms with Crippen LogP contribution in [0.5, 0.6) is 0 Å². The second-order valence-electron chi connectivity index (χ2n) is 5.90. The van der Waals surface area contributed by atoms with Crippen LogP contribution in [0.15, 0.2) is 45.9 Å². The van der Waals surface area contributed by atoms with Crippen molar-refractivity contribution >= 4 is 17.0 Å². The zero-order valence-electron chi connectivity index (χ0n) is 14.6. The first kappa shape index (κ1) is 17.9. The van der Waals surface area contributed by atoms with E-state index >= 15 is 0 Å². The van der Waals surface area contributed by atoms with Crippen molar-refractivity contribution in [1.82, 2.24) is 15.3 Å². The summed E-state index contributed by atoms with van der Waals surface area (Å²) < 4.78 is 11.0. The van der Waals surface area contributed by atoms with Gasteiger partial charge in [0.1, 0.15) is 11.1 Å². The van der Waals surface area contributed by atoms with E-state index in [1.807, 2.05) is 18.2 Å². The van der Waals surface area contributed by atoms with Gasteiger partial charge in [-0.1, -0.05) is 30.3 Å². The molecule has 26 heavy (non-hydrogen) atoms. The van der Waals surface area contributed by atoms with Crippen LogP contribution in [0.3, 0.4) is 0 Å². The first-order chi connectivity index (χ1) is 12.7. The molecule has 7 heteroatoms. The molecule has 2 aromatic heterocycles. The zero-order valence-corrected chi connectivity index (χ0v) is 14.6. The van der Waals surface area contributed by atoms with Gasteiger partial charge in [-0.25, -0.2) is 4.98 Å². The molecule has 0 aliphatic heterocycles. The maximum Gasteiger partial charge on any atom is 0.262 e. The lowest BCUT2D eigenvalue weighted by Gasteiger charge is -2.06. The van der Waals surface area contributed by atoms with E-state index in [1.54, 1.807) is 6.92 Å². The Morgan fingerprint density at radius 3 is 2.88 bits per heavy atom. The Hall–Kier alpha value is -2.93. The summed E-state index contributed by atoms with van der Waals surface area (Å²) in [6.07, 6.45) is 2.80. The van der Waals surface area contributed by atoms with Gasteiger partial charge in [-0.15, -0.1) is 0 Å². The van der Waals surface area contributed by atoms with E-state index in [0.29, 0.717) is 31.9 Å². The Balaban J connectivity index is 1.44. The molecule has 3 aromatic rings. The molecule has 0 fully saturated rings. The predicted octanol–water partition coefficient (Wildman–Crippen LogP) is 2.20. The molecule has 0 spiro atoms. The zero-order chi connectivity index (χ0) is 18.4. The molecule has 0 aliphatic rings. The molecule has 0 saturated carbocycles. The Kier molecular flexibility index (Phi) is 5.80. The summed E-state index contributed by atoms with van der Waals surface area (Å²) in [4.78, 5) is 30.7. The standard InChI is InChI=1S/C19H21N3O4/c1-13-15(16-18(24)21-12-22-19(16)26-13)17(23)20-9-5-10-25-11-8-14-6-3-2-4-7-14/h2-4,6-7,12H,5,8-11H2,1H3,(H,20,23)(H,21,22,24). The second-order valence-corrected chi connectivity index (χ2v) is 5.90. The van der Waals surface area contributed by atoms with Crippen molar-refractivity contribution in [2.24, 2.45) is 0 Å². The number of amides is 1. The number of fused-ring (bicyclic) bond motifs is 1. The number of aromatic nitrogens is 2. The van der Waals surface area contributed by atoms with Crippen LogP contribution in [0.4, 0.5) is 0 Å². The smallest absolute Gasteiger partial charge is 0.262 e. The van der Waals surface area contributed by atoms with Gasteiger partial charge >= 0.3 is 0 Å². The lowest BCUT2D eigenvalue weighted by molar-refractivity contribution is 0.0942. The van der Waals surface area contributed by atoms with Crippen LogP contribution in [0.1, 0.15) is 28.1 Å². The molecule has 7 nitrogen and oxygen atoms in total. The Bertz CT molecular complexity index is 931. The van der Waals surface area contributed by atoms with Gasteiger partial charge in [0.15, 0.2) is 0 Å². The highest BCUT2D eigenvalue weighted by Gasteiger charge is 2.21. The summed E-state index contributed by atoms with van der Waals surface area (Å²) in [6.45, 7) is 3.29. The highest BCUT2D eigenvalue weighted by Crippen LogP contribution is 2.20. The van der Waals surface area contributed by atoms with Gasteiger partial charge < -0.3 is 19.5 Å². The van der Waals surface area contributed by atoms with E-state index in [4.69, 9.17) is 9.15 Å². The molecule has 136 valence electrons. The Labute approximate surface area is 150 Å². The minimum Gasteiger partial charge on any atom is -0.442 e. The normalized spacial score (nSPS) is 11.0. The highest BCUT2D eigenvalue weighted by molar-refractivity contribution is 6.06. The fraction of sp³-hybridized carbons (Fsp3) is 0.316. The number of carbonyl (C=O) groups is 1. The van der Waals surface area contributed by atoms with Crippen molar-refractivity contribution in [3.8, 4) is 0 Å². The molecule has 0 bridgehead atoms. The monoisotopic (exact) mass is 355 g/mol. The van der Waals surface area contributed by atoms with Crippen molar-refractivity contribution < 1.29 is 13.9 Å². The van der Waals surface area contributed by atoms with Crippen LogP contribution in [-0.2, 0) is 11.2 Å². The van der Waals surface area contributed by atoms with Crippen molar-refractivity contribution in [3.05, 3.63) is 63.9 Å². The number of carbonyl (C=O) groups excluding carboxylic acids is 1. The third-order valence-corrected chi connectivity index (χ3v) is 4.03. The van der Waals surface area contributed by atoms with Gasteiger partial charge in [0.05, 0.1) is 18.5 Å². The number of nitrogens with zero attached hydrogens (tertiary/aromatic N) is 1. The van der Waals surface area contributed by atoms with Gasteiger partial charge in [-0.05, 0) is 25.3 Å². The van der Waals surface area contributed by atoms with Crippen molar-refractivity contribution in [1.29, 1.82) is 0 Å². The third-order valence-electron chi connectivity index (χ3n) is 4.03. The van der Waals surface area contributed by atoms with E-state index in [1.165, 1.54) is 11.9 Å². The average Bonchev–Trinajstić information content (AvgIpc) is 2.99. The molecular formula is C19H21N3O4. The number of aromatic amines is 1. The number of benzene rings is 1. The number of nitrogens with one attached hydrogen (secondary N) is 2. The number of hydrogen-bond acceptors (Lipinski definition) is 5. The third kappa shape index (κ3) is 4.18.